The van der Waals surface area contributed by atoms with Crippen molar-refractivity contribution in [1.82, 2.24) is 0 Å². The van der Waals surface area contributed by atoms with Crippen LogP contribution in [0.5, 0.6) is 0 Å². The molecule has 5 aromatic rings. The summed E-state index contributed by atoms with van der Waals surface area (Å²) in [6.07, 6.45) is 1.38. The van der Waals surface area contributed by atoms with Crippen LogP contribution >= 0.6 is 34.0 Å². The van der Waals surface area contributed by atoms with Gasteiger partial charge in [-0.3, -0.25) is 0 Å². The minimum atomic E-state index is -0.948. The number of hydrogen-bond acceptors (Lipinski definition) is 8. The normalized spacial score (nSPS) is 10.5. The fourth-order valence-corrected chi connectivity index (χ4v) is 7.88. The molecule has 0 bridgehead atoms. The first-order valence-electron chi connectivity index (χ1n) is 11.9. The van der Waals surface area contributed by atoms with Crippen molar-refractivity contribution in [3.8, 4) is 40.4 Å². The molecular weight excluding hydrogens is 553 g/mol. The Hall–Kier alpha value is -3.69. The second-order valence-electron chi connectivity index (χ2n) is 8.38. The van der Waals surface area contributed by atoms with E-state index in [1.165, 1.54) is 15.3 Å². The van der Waals surface area contributed by atoms with Crippen LogP contribution < -0.4 is 0 Å². The molecule has 39 heavy (non-hydrogen) atoms. The quantitative estimate of drug-likeness (QED) is 0.180. The Morgan fingerprint density at radius 1 is 0.641 bits per heavy atom. The van der Waals surface area contributed by atoms with Gasteiger partial charge in [0.1, 0.15) is 0 Å². The van der Waals surface area contributed by atoms with Gasteiger partial charge in [0, 0.05) is 42.5 Å². The highest BCUT2D eigenvalue weighted by Crippen LogP contribution is 2.46. The number of aromatic carboxylic acids is 1. The Morgan fingerprint density at radius 3 is 1.67 bits per heavy atom. The molecule has 0 atom stereocenters. The summed E-state index contributed by atoms with van der Waals surface area (Å²) in [4.78, 5) is 34.4. The molecule has 5 rings (SSSR count). The standard InChI is InChI=1S/C29H24O4S3.CO2/c30-13-11-20-16-25(18-5-2-1-3-6-18)35-27(20)23-9-10-24(34-23)28-21(12-14-31)17-26(36-28)19-7-4-8-22(15-19)29(32)33;2-1-3/h1-10,15-17,30-31H,11-14H2,(H,32,33);. The molecule has 198 valence electrons. The molecule has 0 aliphatic heterocycles. The largest absolute Gasteiger partial charge is 0.478 e. The first-order valence-corrected chi connectivity index (χ1v) is 14.4. The minimum absolute atomic E-state index is 0.0442. The fraction of sp³-hybridized carbons (Fsp3) is 0.133. The van der Waals surface area contributed by atoms with E-state index in [1.54, 1.807) is 52.2 Å². The molecule has 9 heteroatoms. The van der Waals surface area contributed by atoms with Crippen molar-refractivity contribution in [3.63, 3.8) is 0 Å². The van der Waals surface area contributed by atoms with Gasteiger partial charge in [-0.25, -0.2) is 4.79 Å². The average molecular weight is 577 g/mol. The summed E-state index contributed by atoms with van der Waals surface area (Å²) in [6.45, 7) is 0.142. The zero-order valence-corrected chi connectivity index (χ0v) is 23.1. The first kappa shape index (κ1) is 28.3. The van der Waals surface area contributed by atoms with Gasteiger partial charge >= 0.3 is 12.1 Å². The molecule has 2 aromatic carbocycles. The molecule has 0 unspecified atom stereocenters. The number of aliphatic hydroxyl groups is 2. The number of carboxylic acid groups (broad SMARTS) is 1. The third-order valence-corrected chi connectivity index (χ3v) is 9.78. The maximum atomic E-state index is 11.4. The number of hydrogen-bond donors (Lipinski definition) is 3. The lowest BCUT2D eigenvalue weighted by Gasteiger charge is -2.00. The monoisotopic (exact) mass is 576 g/mol. The lowest BCUT2D eigenvalue weighted by molar-refractivity contribution is -0.191. The number of aliphatic hydroxyl groups excluding tert-OH is 2. The third-order valence-electron chi connectivity index (χ3n) is 5.89. The predicted molar refractivity (Wildman–Crippen MR) is 155 cm³/mol. The molecule has 0 spiro atoms. The summed E-state index contributed by atoms with van der Waals surface area (Å²) < 4.78 is 0. The van der Waals surface area contributed by atoms with Crippen molar-refractivity contribution in [3.05, 3.63) is 95.6 Å². The van der Waals surface area contributed by atoms with Crippen molar-refractivity contribution in [2.45, 2.75) is 12.8 Å². The van der Waals surface area contributed by atoms with Gasteiger partial charge in [-0.2, -0.15) is 9.59 Å². The number of carbonyl (C=O) groups excluding carboxylic acids is 2. The number of carbonyl (C=O) groups is 1. The Kier molecular flexibility index (Phi) is 9.73. The van der Waals surface area contributed by atoms with Crippen LogP contribution in [0.1, 0.15) is 21.5 Å². The van der Waals surface area contributed by atoms with Crippen molar-refractivity contribution in [2.24, 2.45) is 0 Å². The highest BCUT2D eigenvalue weighted by atomic mass is 32.1. The molecule has 0 amide bonds. The second kappa shape index (κ2) is 13.4. The molecule has 0 saturated heterocycles. The van der Waals surface area contributed by atoms with E-state index in [2.05, 4.69) is 36.4 Å². The van der Waals surface area contributed by atoms with Crippen LogP contribution in [0.25, 0.3) is 40.4 Å². The fourth-order valence-electron chi connectivity index (χ4n) is 4.16. The summed E-state index contributed by atoms with van der Waals surface area (Å²) in [6, 6.07) is 25.7. The van der Waals surface area contributed by atoms with Crippen LogP contribution in [0.2, 0.25) is 0 Å². The molecule has 6 nitrogen and oxygen atoms in total. The van der Waals surface area contributed by atoms with Gasteiger partial charge in [-0.15, -0.1) is 34.0 Å². The van der Waals surface area contributed by atoms with Crippen LogP contribution in [0, 0.1) is 0 Å². The molecule has 0 saturated carbocycles. The minimum Gasteiger partial charge on any atom is -0.478 e. The van der Waals surface area contributed by atoms with Crippen LogP contribution in [0.3, 0.4) is 0 Å². The summed E-state index contributed by atoms with van der Waals surface area (Å²) in [7, 11) is 0. The smallest absolute Gasteiger partial charge is 0.373 e. The van der Waals surface area contributed by atoms with Gasteiger partial charge in [0.25, 0.3) is 0 Å². The van der Waals surface area contributed by atoms with Crippen molar-refractivity contribution >= 4 is 46.1 Å². The Morgan fingerprint density at radius 2 is 1.15 bits per heavy atom. The van der Waals surface area contributed by atoms with Crippen LogP contribution in [-0.4, -0.2) is 40.7 Å². The van der Waals surface area contributed by atoms with Crippen molar-refractivity contribution in [1.29, 1.82) is 0 Å². The van der Waals surface area contributed by atoms with Gasteiger partial charge in [0.15, 0.2) is 0 Å². The average Bonchev–Trinajstić information content (AvgIpc) is 3.69. The topological polar surface area (TPSA) is 112 Å². The Balaban J connectivity index is 0.00000112. The number of thiophene rings is 3. The summed E-state index contributed by atoms with van der Waals surface area (Å²) in [5.41, 5.74) is 4.48. The summed E-state index contributed by atoms with van der Waals surface area (Å²) >= 11 is 5.07. The molecule has 3 aromatic heterocycles. The van der Waals surface area contributed by atoms with Gasteiger partial charge < -0.3 is 15.3 Å². The van der Waals surface area contributed by atoms with E-state index in [-0.39, 0.29) is 24.9 Å². The van der Waals surface area contributed by atoms with Gasteiger partial charge in [-0.1, -0.05) is 42.5 Å². The second-order valence-corrected chi connectivity index (χ2v) is 11.6. The van der Waals surface area contributed by atoms with Crippen molar-refractivity contribution < 1.29 is 29.7 Å². The zero-order chi connectivity index (χ0) is 27.8. The van der Waals surface area contributed by atoms with E-state index in [4.69, 9.17) is 9.59 Å². The number of rotatable bonds is 9. The van der Waals surface area contributed by atoms with E-state index >= 15 is 0 Å². The predicted octanol–water partition coefficient (Wildman–Crippen LogP) is 6.72. The van der Waals surface area contributed by atoms with Crippen LogP contribution in [0.15, 0.2) is 78.9 Å². The molecule has 3 heterocycles. The number of carboxylic acids is 1. The molecule has 0 radical (unpaired) electrons. The SMILES string of the molecule is O=C(O)c1cccc(-c2cc(CCO)c(-c3ccc(-c4sc(-c5ccccc5)cc4CCO)s3)s2)c1.O=C=O. The van der Waals surface area contributed by atoms with E-state index in [0.717, 1.165) is 36.2 Å². The van der Waals surface area contributed by atoms with Crippen LogP contribution in [0.4, 0.5) is 0 Å². The van der Waals surface area contributed by atoms with E-state index in [1.807, 2.05) is 24.3 Å². The maximum absolute atomic E-state index is 11.4. The Bertz CT molecular complexity index is 1590. The summed E-state index contributed by atoms with van der Waals surface area (Å²) in [5.74, 6) is -0.948. The van der Waals surface area contributed by atoms with Gasteiger partial charge in [0.05, 0.1) is 5.56 Å². The van der Waals surface area contributed by atoms with E-state index < -0.39 is 5.97 Å². The first-order chi connectivity index (χ1) is 19.0. The maximum Gasteiger partial charge on any atom is 0.373 e. The lowest BCUT2D eigenvalue weighted by atomic mass is 10.1. The van der Waals surface area contributed by atoms with Gasteiger partial charge in [-0.05, 0) is 71.5 Å². The molecule has 0 fully saturated rings. The third kappa shape index (κ3) is 6.66. The van der Waals surface area contributed by atoms with E-state index in [9.17, 15) is 20.1 Å². The summed E-state index contributed by atoms with van der Waals surface area (Å²) in [5, 5.41) is 28.7. The lowest BCUT2D eigenvalue weighted by Crippen LogP contribution is -1.95. The van der Waals surface area contributed by atoms with E-state index in [0.29, 0.717) is 12.8 Å². The Labute approximate surface area is 237 Å². The number of benzene rings is 2. The van der Waals surface area contributed by atoms with Crippen LogP contribution in [-0.2, 0) is 22.4 Å². The molecule has 0 aliphatic rings. The molecule has 0 aliphatic carbocycles. The molecular formula is C30H24O6S3. The highest BCUT2D eigenvalue weighted by molar-refractivity contribution is 7.28. The highest BCUT2D eigenvalue weighted by Gasteiger charge is 2.18. The molecule has 3 N–H and O–H groups in total. The van der Waals surface area contributed by atoms with Gasteiger partial charge in [0.2, 0.25) is 0 Å². The van der Waals surface area contributed by atoms with Crippen molar-refractivity contribution in [2.75, 3.05) is 13.2 Å². The zero-order valence-electron chi connectivity index (χ0n) is 20.6.